The van der Waals surface area contributed by atoms with E-state index in [0.29, 0.717) is 11.3 Å². The number of nitrogens with two attached hydrogens (primary N) is 1. The lowest BCUT2D eigenvalue weighted by molar-refractivity contribution is 0.0600. The third kappa shape index (κ3) is 1.72. The summed E-state index contributed by atoms with van der Waals surface area (Å²) < 4.78 is 4.78. The van der Waals surface area contributed by atoms with E-state index in [1.165, 1.54) is 7.11 Å². The van der Waals surface area contributed by atoms with Crippen LogP contribution in [0.2, 0.25) is 0 Å². The Hall–Kier alpha value is -2.21. The van der Waals surface area contributed by atoms with Crippen molar-refractivity contribution in [2.24, 2.45) is 0 Å². The molecule has 2 heterocycles. The van der Waals surface area contributed by atoms with E-state index >= 15 is 0 Å². The third-order valence-corrected chi connectivity index (χ3v) is 3.65. The third-order valence-electron chi connectivity index (χ3n) is 3.41. The number of H-pyrrole nitrogens is 1. The second kappa shape index (κ2) is 4.42. The molecule has 0 bridgehead atoms. The molecular formula is C14H13N3O2S. The van der Waals surface area contributed by atoms with Crippen LogP contribution in [-0.2, 0) is 4.74 Å². The number of carbonyl (C=O) groups excluding carboxylic acids is 1. The van der Waals surface area contributed by atoms with Crippen molar-refractivity contribution in [1.82, 2.24) is 9.97 Å². The lowest BCUT2D eigenvalue weighted by Gasteiger charge is -2.07. The molecule has 3 aromatic rings. The van der Waals surface area contributed by atoms with E-state index in [4.69, 9.17) is 10.5 Å². The summed E-state index contributed by atoms with van der Waals surface area (Å²) in [6.07, 6.45) is 1.66. The number of fused-ring (bicyclic) bond motifs is 3. The fourth-order valence-electron chi connectivity index (χ4n) is 2.43. The van der Waals surface area contributed by atoms with Crippen LogP contribution in [-0.4, -0.2) is 23.0 Å². The molecule has 0 saturated carbocycles. The molecule has 0 amide bonds. The number of ether oxygens (including phenoxy) is 1. The van der Waals surface area contributed by atoms with E-state index < -0.39 is 5.97 Å². The van der Waals surface area contributed by atoms with Gasteiger partial charge >= 0.3 is 5.97 Å². The van der Waals surface area contributed by atoms with Crippen LogP contribution >= 0.6 is 12.6 Å². The molecule has 0 fully saturated rings. The number of nitrogens with one attached hydrogen (secondary N) is 1. The summed E-state index contributed by atoms with van der Waals surface area (Å²) in [7, 11) is 1.35. The van der Waals surface area contributed by atoms with Crippen LogP contribution in [0, 0.1) is 6.92 Å². The minimum Gasteiger partial charge on any atom is -0.465 e. The van der Waals surface area contributed by atoms with Gasteiger partial charge in [-0.05, 0) is 24.6 Å². The van der Waals surface area contributed by atoms with Gasteiger partial charge in [0.05, 0.1) is 18.2 Å². The minimum atomic E-state index is -0.405. The first-order chi connectivity index (χ1) is 9.52. The molecule has 6 heteroatoms. The number of carbonyl (C=O) groups is 1. The Morgan fingerprint density at radius 2 is 2.20 bits per heavy atom. The van der Waals surface area contributed by atoms with E-state index in [9.17, 15) is 4.79 Å². The van der Waals surface area contributed by atoms with Gasteiger partial charge in [0.15, 0.2) is 0 Å². The van der Waals surface area contributed by atoms with Crippen molar-refractivity contribution in [3.63, 3.8) is 0 Å². The molecule has 0 aliphatic rings. The number of nitrogen functional groups attached to an aromatic ring is 1. The van der Waals surface area contributed by atoms with E-state index in [1.807, 2.05) is 13.0 Å². The highest BCUT2D eigenvalue weighted by molar-refractivity contribution is 7.80. The maximum absolute atomic E-state index is 11.8. The maximum Gasteiger partial charge on any atom is 0.338 e. The van der Waals surface area contributed by atoms with Crippen molar-refractivity contribution < 1.29 is 9.53 Å². The molecular weight excluding hydrogens is 274 g/mol. The average Bonchev–Trinajstić information content (AvgIpc) is 2.81. The smallest absolute Gasteiger partial charge is 0.338 e. The molecule has 2 aromatic heterocycles. The number of nitrogens with zero attached hydrogens (tertiary/aromatic N) is 1. The summed E-state index contributed by atoms with van der Waals surface area (Å²) in [6.45, 7) is 1.85. The normalized spacial score (nSPS) is 11.2. The van der Waals surface area contributed by atoms with E-state index in [-0.39, 0.29) is 0 Å². The van der Waals surface area contributed by atoms with Gasteiger partial charge in [-0.1, -0.05) is 0 Å². The topological polar surface area (TPSA) is 81.0 Å². The number of pyridine rings is 1. The average molecular weight is 287 g/mol. The van der Waals surface area contributed by atoms with Gasteiger partial charge in [-0.3, -0.25) is 0 Å². The summed E-state index contributed by atoms with van der Waals surface area (Å²) in [6, 6.07) is 3.54. The number of aromatic amines is 1. The lowest BCUT2D eigenvalue weighted by atomic mass is 10.0. The first-order valence-corrected chi connectivity index (χ1v) is 6.45. The van der Waals surface area contributed by atoms with Crippen LogP contribution in [0.15, 0.2) is 23.2 Å². The molecule has 20 heavy (non-hydrogen) atoms. The summed E-state index contributed by atoms with van der Waals surface area (Å²) in [5, 5.41) is 1.75. The van der Waals surface area contributed by atoms with Crippen LogP contribution in [0.1, 0.15) is 15.9 Å². The number of rotatable bonds is 1. The van der Waals surface area contributed by atoms with Gasteiger partial charge in [0.1, 0.15) is 5.65 Å². The van der Waals surface area contributed by atoms with Gasteiger partial charge < -0.3 is 15.5 Å². The van der Waals surface area contributed by atoms with Crippen LogP contribution in [0.5, 0.6) is 0 Å². The van der Waals surface area contributed by atoms with Crippen LogP contribution in [0.25, 0.3) is 21.9 Å². The monoisotopic (exact) mass is 287 g/mol. The van der Waals surface area contributed by atoms with Crippen LogP contribution < -0.4 is 5.73 Å². The zero-order valence-corrected chi connectivity index (χ0v) is 11.9. The summed E-state index contributed by atoms with van der Waals surface area (Å²) in [5.74, 6) is -0.405. The molecule has 102 valence electrons. The number of hydrogen-bond donors (Lipinski definition) is 3. The first-order valence-electron chi connectivity index (χ1n) is 6.00. The van der Waals surface area contributed by atoms with E-state index in [0.717, 1.165) is 32.4 Å². The molecule has 5 nitrogen and oxygen atoms in total. The Kier molecular flexibility index (Phi) is 2.83. The Morgan fingerprint density at radius 3 is 2.90 bits per heavy atom. The van der Waals surface area contributed by atoms with Gasteiger partial charge in [-0.25, -0.2) is 9.78 Å². The van der Waals surface area contributed by atoms with Crippen molar-refractivity contribution in [3.05, 3.63) is 29.5 Å². The molecule has 1 aromatic carbocycles. The second-order valence-corrected chi connectivity index (χ2v) is 5.11. The number of aryl methyl sites for hydroxylation is 1. The molecule has 3 rings (SSSR count). The predicted molar refractivity (Wildman–Crippen MR) is 81.3 cm³/mol. The van der Waals surface area contributed by atoms with Gasteiger partial charge in [0.25, 0.3) is 0 Å². The zero-order chi connectivity index (χ0) is 14.4. The zero-order valence-electron chi connectivity index (χ0n) is 11.0. The molecule has 0 radical (unpaired) electrons. The Labute approximate surface area is 120 Å². The summed E-state index contributed by atoms with van der Waals surface area (Å²) >= 11 is 4.30. The number of esters is 1. The molecule has 0 spiro atoms. The van der Waals surface area contributed by atoms with Crippen LogP contribution in [0.4, 0.5) is 5.69 Å². The van der Waals surface area contributed by atoms with Crippen molar-refractivity contribution in [2.45, 2.75) is 11.8 Å². The van der Waals surface area contributed by atoms with Crippen molar-refractivity contribution in [2.75, 3.05) is 12.8 Å². The van der Waals surface area contributed by atoms with Crippen molar-refractivity contribution in [1.29, 1.82) is 0 Å². The largest absolute Gasteiger partial charge is 0.465 e. The summed E-state index contributed by atoms with van der Waals surface area (Å²) in [5.41, 5.74) is 9.37. The number of hydrogen-bond acceptors (Lipinski definition) is 5. The van der Waals surface area contributed by atoms with Gasteiger partial charge in [-0.2, -0.15) is 0 Å². The Bertz CT molecular complexity index is 855. The Balaban J connectivity index is 2.46. The van der Waals surface area contributed by atoms with Gasteiger partial charge in [0.2, 0.25) is 0 Å². The van der Waals surface area contributed by atoms with Crippen molar-refractivity contribution >= 4 is 46.2 Å². The van der Waals surface area contributed by atoms with E-state index in [2.05, 4.69) is 22.6 Å². The van der Waals surface area contributed by atoms with Gasteiger partial charge in [0, 0.05) is 27.6 Å². The molecule has 0 saturated heterocycles. The fourth-order valence-corrected chi connectivity index (χ4v) is 2.62. The molecule has 0 aliphatic carbocycles. The molecule has 0 unspecified atom stereocenters. The van der Waals surface area contributed by atoms with Gasteiger partial charge in [-0.15, -0.1) is 12.6 Å². The minimum absolute atomic E-state index is 0.405. The number of benzene rings is 1. The number of anilines is 1. The number of methoxy groups -OCH3 is 1. The molecule has 0 aliphatic heterocycles. The quantitative estimate of drug-likeness (QED) is 0.365. The molecule has 0 atom stereocenters. The number of thiol groups is 1. The lowest BCUT2D eigenvalue weighted by Crippen LogP contribution is -2.05. The summed E-state index contributed by atoms with van der Waals surface area (Å²) in [4.78, 5) is 20.0. The van der Waals surface area contributed by atoms with E-state index in [1.54, 1.807) is 12.3 Å². The highest BCUT2D eigenvalue weighted by Crippen LogP contribution is 2.34. The Morgan fingerprint density at radius 1 is 1.45 bits per heavy atom. The highest BCUT2D eigenvalue weighted by atomic mass is 32.1. The molecule has 3 N–H and O–H groups in total. The maximum atomic E-state index is 11.8. The predicted octanol–water partition coefficient (Wildman–Crippen LogP) is 2.68. The second-order valence-electron chi connectivity index (χ2n) is 4.59. The van der Waals surface area contributed by atoms with Crippen LogP contribution in [0.3, 0.4) is 0 Å². The SMILES string of the molecule is COC(=O)c1cc(N)c2c([nH]c3ncc(S)cc32)c1C. The highest BCUT2D eigenvalue weighted by Gasteiger charge is 2.18. The first kappa shape index (κ1) is 12.8. The fraction of sp³-hybridized carbons (Fsp3) is 0.143. The standard InChI is InChI=1S/C14H13N3O2S/c1-6-8(14(18)19-2)4-10(15)11-9-3-7(20)5-16-13(9)17-12(6)11/h3-5,20H,15H2,1-2H3,(H,16,17). The van der Waals surface area contributed by atoms with Crippen molar-refractivity contribution in [3.8, 4) is 0 Å². The number of aromatic nitrogens is 2.